The summed E-state index contributed by atoms with van der Waals surface area (Å²) in [6.45, 7) is 6.46. The summed E-state index contributed by atoms with van der Waals surface area (Å²) in [5.41, 5.74) is 0.800. The molecule has 1 unspecified atom stereocenters. The standard InChI is InChI=1S/C13H17ClN4S/c1-8(2)13(3,9-5-6-15-10(14)7-9)11-16-17-12(19)18(11)4/h5-8H,1-4H3,(H,17,19). The molecule has 0 fully saturated rings. The molecule has 2 aromatic heterocycles. The number of H-pyrrole nitrogens is 1. The maximum Gasteiger partial charge on any atom is 0.194 e. The van der Waals surface area contributed by atoms with Crippen LogP contribution in [0, 0.1) is 10.7 Å². The number of nitrogens with one attached hydrogen (secondary N) is 1. The van der Waals surface area contributed by atoms with E-state index in [0.717, 1.165) is 11.4 Å². The summed E-state index contributed by atoms with van der Waals surface area (Å²) in [5, 5.41) is 7.73. The molecule has 0 saturated carbocycles. The highest BCUT2D eigenvalue weighted by Crippen LogP contribution is 2.38. The normalized spacial score (nSPS) is 14.6. The number of aromatic nitrogens is 4. The van der Waals surface area contributed by atoms with Crippen molar-refractivity contribution in [2.45, 2.75) is 26.2 Å². The lowest BCUT2D eigenvalue weighted by Gasteiger charge is -2.33. The number of rotatable bonds is 3. The Morgan fingerprint density at radius 2 is 2.16 bits per heavy atom. The fourth-order valence-corrected chi connectivity index (χ4v) is 2.56. The number of pyridine rings is 1. The number of nitrogens with zero attached hydrogens (tertiary/aromatic N) is 3. The molecule has 2 heterocycles. The van der Waals surface area contributed by atoms with Gasteiger partial charge in [-0.1, -0.05) is 25.4 Å². The van der Waals surface area contributed by atoms with Crippen molar-refractivity contribution in [2.24, 2.45) is 13.0 Å². The summed E-state index contributed by atoms with van der Waals surface area (Å²) in [6, 6.07) is 3.86. The smallest absolute Gasteiger partial charge is 0.194 e. The Kier molecular flexibility index (Phi) is 3.78. The lowest BCUT2D eigenvalue weighted by atomic mass is 9.73. The van der Waals surface area contributed by atoms with Gasteiger partial charge in [-0.05, 0) is 42.8 Å². The van der Waals surface area contributed by atoms with E-state index in [1.54, 1.807) is 6.20 Å². The van der Waals surface area contributed by atoms with Gasteiger partial charge in [0.15, 0.2) is 4.77 Å². The molecule has 19 heavy (non-hydrogen) atoms. The first kappa shape index (κ1) is 14.2. The second kappa shape index (κ2) is 5.06. The maximum atomic E-state index is 6.02. The van der Waals surface area contributed by atoms with Crippen molar-refractivity contribution in [3.05, 3.63) is 39.6 Å². The third-order valence-corrected chi connectivity index (χ3v) is 4.40. The lowest BCUT2D eigenvalue weighted by molar-refractivity contribution is 0.372. The van der Waals surface area contributed by atoms with Crippen molar-refractivity contribution in [1.82, 2.24) is 19.7 Å². The van der Waals surface area contributed by atoms with Gasteiger partial charge in [-0.15, -0.1) is 0 Å². The van der Waals surface area contributed by atoms with Crippen LogP contribution in [0.4, 0.5) is 0 Å². The first-order chi connectivity index (χ1) is 8.87. The highest BCUT2D eigenvalue weighted by Gasteiger charge is 2.37. The van der Waals surface area contributed by atoms with Gasteiger partial charge in [-0.25, -0.2) is 4.98 Å². The van der Waals surface area contributed by atoms with Crippen LogP contribution in [-0.4, -0.2) is 19.7 Å². The minimum absolute atomic E-state index is 0.283. The number of aromatic amines is 1. The van der Waals surface area contributed by atoms with Crippen LogP contribution in [0.3, 0.4) is 0 Å². The van der Waals surface area contributed by atoms with Crippen molar-refractivity contribution in [3.63, 3.8) is 0 Å². The van der Waals surface area contributed by atoms with E-state index in [1.807, 2.05) is 23.7 Å². The van der Waals surface area contributed by atoms with Crippen molar-refractivity contribution in [3.8, 4) is 0 Å². The molecular weight excluding hydrogens is 280 g/mol. The predicted octanol–water partition coefficient (Wildman–Crippen LogP) is 3.49. The lowest BCUT2D eigenvalue weighted by Crippen LogP contribution is -2.33. The van der Waals surface area contributed by atoms with E-state index in [1.165, 1.54) is 0 Å². The van der Waals surface area contributed by atoms with Gasteiger partial charge in [0, 0.05) is 13.2 Å². The molecule has 0 spiro atoms. The molecule has 2 rings (SSSR count). The van der Waals surface area contributed by atoms with Crippen LogP contribution in [0.5, 0.6) is 0 Å². The van der Waals surface area contributed by atoms with Crippen molar-refractivity contribution in [2.75, 3.05) is 0 Å². The number of halogens is 1. The zero-order chi connectivity index (χ0) is 14.2. The maximum absolute atomic E-state index is 6.02. The van der Waals surface area contributed by atoms with E-state index in [0.29, 0.717) is 15.8 Å². The molecule has 1 atom stereocenters. The first-order valence-electron chi connectivity index (χ1n) is 6.11. The van der Waals surface area contributed by atoms with Crippen LogP contribution in [0.1, 0.15) is 32.2 Å². The van der Waals surface area contributed by atoms with E-state index in [4.69, 9.17) is 23.8 Å². The minimum Gasteiger partial charge on any atom is -0.307 e. The third kappa shape index (κ3) is 2.32. The molecule has 4 nitrogen and oxygen atoms in total. The van der Waals surface area contributed by atoms with Gasteiger partial charge >= 0.3 is 0 Å². The van der Waals surface area contributed by atoms with Gasteiger partial charge in [-0.3, -0.25) is 5.10 Å². The molecule has 0 aliphatic carbocycles. The molecule has 0 aromatic carbocycles. The second-order valence-electron chi connectivity index (χ2n) is 5.14. The molecule has 102 valence electrons. The van der Waals surface area contributed by atoms with Crippen LogP contribution in [0.25, 0.3) is 0 Å². The zero-order valence-corrected chi connectivity index (χ0v) is 13.0. The van der Waals surface area contributed by atoms with Crippen molar-refractivity contribution >= 4 is 23.8 Å². The summed E-state index contributed by atoms with van der Waals surface area (Å²) in [6.07, 6.45) is 1.72. The largest absolute Gasteiger partial charge is 0.307 e. The second-order valence-corrected chi connectivity index (χ2v) is 5.91. The van der Waals surface area contributed by atoms with Crippen LogP contribution in [-0.2, 0) is 12.5 Å². The van der Waals surface area contributed by atoms with Crippen LogP contribution in [0.15, 0.2) is 18.3 Å². The van der Waals surface area contributed by atoms with Gasteiger partial charge in [-0.2, -0.15) is 5.10 Å². The van der Waals surface area contributed by atoms with E-state index >= 15 is 0 Å². The van der Waals surface area contributed by atoms with Crippen LogP contribution < -0.4 is 0 Å². The topological polar surface area (TPSA) is 46.5 Å². The van der Waals surface area contributed by atoms with Gasteiger partial charge in [0.2, 0.25) is 0 Å². The van der Waals surface area contributed by atoms with Gasteiger partial charge < -0.3 is 4.57 Å². The summed E-state index contributed by atoms with van der Waals surface area (Å²) >= 11 is 11.2. The average molecular weight is 297 g/mol. The average Bonchev–Trinajstić information content (AvgIpc) is 2.69. The SMILES string of the molecule is CC(C)C(C)(c1ccnc(Cl)c1)c1n[nH]c(=S)n1C. The Morgan fingerprint density at radius 1 is 1.47 bits per heavy atom. The van der Waals surface area contributed by atoms with Crippen LogP contribution in [0.2, 0.25) is 5.15 Å². The van der Waals surface area contributed by atoms with Crippen molar-refractivity contribution in [1.29, 1.82) is 0 Å². The summed E-state index contributed by atoms with van der Waals surface area (Å²) in [7, 11) is 1.92. The van der Waals surface area contributed by atoms with E-state index in [-0.39, 0.29) is 5.41 Å². The van der Waals surface area contributed by atoms with Gasteiger partial charge in [0.1, 0.15) is 11.0 Å². The Morgan fingerprint density at radius 3 is 2.63 bits per heavy atom. The monoisotopic (exact) mass is 296 g/mol. The molecule has 0 aliphatic rings. The fourth-order valence-electron chi connectivity index (χ4n) is 2.26. The molecule has 6 heteroatoms. The summed E-state index contributed by atoms with van der Waals surface area (Å²) in [5.74, 6) is 1.23. The minimum atomic E-state index is -0.283. The molecule has 0 aliphatic heterocycles. The Bertz CT molecular complexity index is 646. The molecule has 0 saturated heterocycles. The van der Waals surface area contributed by atoms with Gasteiger partial charge in [0.25, 0.3) is 0 Å². The Labute approximate surface area is 122 Å². The van der Waals surface area contributed by atoms with Crippen molar-refractivity contribution < 1.29 is 0 Å². The number of hydrogen-bond acceptors (Lipinski definition) is 3. The summed E-state index contributed by atoms with van der Waals surface area (Å²) in [4.78, 5) is 4.04. The Balaban J connectivity index is 2.68. The molecule has 0 amide bonds. The third-order valence-electron chi connectivity index (χ3n) is 3.83. The molecule has 1 N–H and O–H groups in total. The summed E-state index contributed by atoms with van der Waals surface area (Å²) < 4.78 is 2.52. The highest BCUT2D eigenvalue weighted by molar-refractivity contribution is 7.71. The van der Waals surface area contributed by atoms with Crippen LogP contribution >= 0.6 is 23.8 Å². The number of hydrogen-bond donors (Lipinski definition) is 1. The van der Waals surface area contributed by atoms with Gasteiger partial charge in [0.05, 0.1) is 5.41 Å². The molecule has 0 bridgehead atoms. The molecule has 2 aromatic rings. The van der Waals surface area contributed by atoms with E-state index < -0.39 is 0 Å². The quantitative estimate of drug-likeness (QED) is 0.697. The molecular formula is C13H17ClN4S. The zero-order valence-electron chi connectivity index (χ0n) is 11.4. The van der Waals surface area contributed by atoms with E-state index in [2.05, 4.69) is 36.0 Å². The predicted molar refractivity (Wildman–Crippen MR) is 78.9 cm³/mol. The highest BCUT2D eigenvalue weighted by atomic mass is 35.5. The first-order valence-corrected chi connectivity index (χ1v) is 6.90. The Hall–Kier alpha value is -1.20. The fraction of sp³-hybridized carbons (Fsp3) is 0.462. The molecule has 0 radical (unpaired) electrons. The van der Waals surface area contributed by atoms with E-state index in [9.17, 15) is 0 Å².